The number of nitrogens with one attached hydrogen (secondary N) is 1. The minimum atomic E-state index is -0.514. The van der Waals surface area contributed by atoms with E-state index in [-0.39, 0.29) is 18.2 Å². The summed E-state index contributed by atoms with van der Waals surface area (Å²) in [6.45, 7) is 3.34. The number of esters is 1. The van der Waals surface area contributed by atoms with Gasteiger partial charge in [0.05, 0.1) is 12.1 Å². The van der Waals surface area contributed by atoms with Crippen LogP contribution in [-0.4, -0.2) is 30.3 Å². The maximum atomic E-state index is 12.5. The molecule has 1 aliphatic rings. The third-order valence-corrected chi connectivity index (χ3v) is 3.91. The lowest BCUT2D eigenvalue weighted by Gasteiger charge is -2.13. The third-order valence-electron chi connectivity index (χ3n) is 3.91. The SMILES string of the molecule is CC(=O)NCC(C)OC(=O)c1ccc2c(c1)C(=O)c1ccccc1-2. The maximum absolute atomic E-state index is 12.5. The minimum absolute atomic E-state index is 0.0819. The zero-order valence-corrected chi connectivity index (χ0v) is 13.5. The molecule has 1 N–H and O–H groups in total. The van der Waals surface area contributed by atoms with Gasteiger partial charge in [-0.15, -0.1) is 0 Å². The molecule has 1 unspecified atom stereocenters. The molecule has 3 rings (SSSR count). The van der Waals surface area contributed by atoms with Crippen LogP contribution in [0.15, 0.2) is 42.5 Å². The molecular formula is C19H17NO4. The van der Waals surface area contributed by atoms with Crippen LogP contribution < -0.4 is 5.32 Å². The van der Waals surface area contributed by atoms with E-state index in [9.17, 15) is 14.4 Å². The molecule has 1 amide bonds. The van der Waals surface area contributed by atoms with Crippen LogP contribution in [0.25, 0.3) is 11.1 Å². The van der Waals surface area contributed by atoms with Crippen LogP contribution in [0.4, 0.5) is 0 Å². The zero-order chi connectivity index (χ0) is 17.3. The Kier molecular flexibility index (Phi) is 4.16. The Hall–Kier alpha value is -2.95. The van der Waals surface area contributed by atoms with Crippen LogP contribution in [0.3, 0.4) is 0 Å². The summed E-state index contributed by atoms with van der Waals surface area (Å²) in [6, 6.07) is 12.4. The van der Waals surface area contributed by atoms with Gasteiger partial charge in [-0.25, -0.2) is 4.79 Å². The number of ether oxygens (including phenoxy) is 1. The lowest BCUT2D eigenvalue weighted by Crippen LogP contribution is -2.31. The number of benzene rings is 2. The Bertz CT molecular complexity index is 841. The highest BCUT2D eigenvalue weighted by atomic mass is 16.5. The summed E-state index contributed by atoms with van der Waals surface area (Å²) in [5, 5.41) is 2.59. The Morgan fingerprint density at radius 3 is 2.42 bits per heavy atom. The zero-order valence-electron chi connectivity index (χ0n) is 13.5. The van der Waals surface area contributed by atoms with Gasteiger partial charge in [-0.3, -0.25) is 9.59 Å². The fraction of sp³-hybridized carbons (Fsp3) is 0.211. The Labute approximate surface area is 139 Å². The number of carbonyl (C=O) groups excluding carboxylic acids is 3. The van der Waals surface area contributed by atoms with E-state index in [0.717, 1.165) is 11.1 Å². The second kappa shape index (κ2) is 6.28. The fourth-order valence-electron chi connectivity index (χ4n) is 2.73. The van der Waals surface area contributed by atoms with Crippen molar-refractivity contribution in [3.63, 3.8) is 0 Å². The smallest absolute Gasteiger partial charge is 0.338 e. The van der Waals surface area contributed by atoms with Crippen LogP contribution in [0.5, 0.6) is 0 Å². The van der Waals surface area contributed by atoms with E-state index < -0.39 is 12.1 Å². The summed E-state index contributed by atoms with van der Waals surface area (Å²) in [6.07, 6.45) is -0.456. The van der Waals surface area contributed by atoms with Gasteiger partial charge in [0, 0.05) is 18.1 Å². The Balaban J connectivity index is 1.79. The summed E-state index contributed by atoms with van der Waals surface area (Å²) < 4.78 is 5.29. The summed E-state index contributed by atoms with van der Waals surface area (Å²) >= 11 is 0. The number of rotatable bonds is 4. The van der Waals surface area contributed by atoms with Gasteiger partial charge < -0.3 is 10.1 Å². The van der Waals surface area contributed by atoms with Gasteiger partial charge in [0.25, 0.3) is 0 Å². The molecule has 1 atom stereocenters. The van der Waals surface area contributed by atoms with E-state index in [1.165, 1.54) is 6.92 Å². The molecule has 2 aromatic carbocycles. The number of hydrogen-bond acceptors (Lipinski definition) is 4. The normalized spacial score (nSPS) is 13.0. The fourth-order valence-corrected chi connectivity index (χ4v) is 2.73. The van der Waals surface area contributed by atoms with Crippen molar-refractivity contribution in [2.24, 2.45) is 0 Å². The van der Waals surface area contributed by atoms with E-state index >= 15 is 0 Å². The molecule has 122 valence electrons. The number of amides is 1. The molecule has 5 heteroatoms. The molecular weight excluding hydrogens is 306 g/mol. The molecule has 0 bridgehead atoms. The third kappa shape index (κ3) is 2.93. The van der Waals surface area contributed by atoms with Crippen LogP contribution >= 0.6 is 0 Å². The lowest BCUT2D eigenvalue weighted by molar-refractivity contribution is -0.119. The number of carbonyl (C=O) groups is 3. The van der Waals surface area contributed by atoms with Crippen molar-refractivity contribution in [3.8, 4) is 11.1 Å². The highest BCUT2D eigenvalue weighted by Gasteiger charge is 2.27. The first kappa shape index (κ1) is 15.9. The van der Waals surface area contributed by atoms with E-state index in [1.54, 1.807) is 31.2 Å². The molecule has 0 aliphatic heterocycles. The summed E-state index contributed by atoms with van der Waals surface area (Å²) in [7, 11) is 0. The van der Waals surface area contributed by atoms with Crippen molar-refractivity contribution in [2.45, 2.75) is 20.0 Å². The highest BCUT2D eigenvalue weighted by Crippen LogP contribution is 2.36. The molecule has 5 nitrogen and oxygen atoms in total. The molecule has 0 fully saturated rings. The van der Waals surface area contributed by atoms with Crippen molar-refractivity contribution >= 4 is 17.7 Å². The molecule has 0 radical (unpaired) electrons. The molecule has 0 aromatic heterocycles. The van der Waals surface area contributed by atoms with E-state index in [2.05, 4.69) is 5.32 Å². The van der Waals surface area contributed by atoms with Crippen molar-refractivity contribution in [2.75, 3.05) is 6.54 Å². The number of fused-ring (bicyclic) bond motifs is 3. The molecule has 2 aromatic rings. The van der Waals surface area contributed by atoms with Gasteiger partial charge in [-0.2, -0.15) is 0 Å². The van der Waals surface area contributed by atoms with Crippen molar-refractivity contribution < 1.29 is 19.1 Å². The monoisotopic (exact) mass is 323 g/mol. The first-order chi connectivity index (χ1) is 11.5. The quantitative estimate of drug-likeness (QED) is 0.749. The predicted octanol–water partition coefficient (Wildman–Crippen LogP) is 2.58. The molecule has 0 spiro atoms. The lowest BCUT2D eigenvalue weighted by atomic mass is 10.0. The van der Waals surface area contributed by atoms with Gasteiger partial charge in [0.1, 0.15) is 6.10 Å². The van der Waals surface area contributed by atoms with Crippen LogP contribution in [0.1, 0.15) is 40.1 Å². The van der Waals surface area contributed by atoms with Gasteiger partial charge in [0.2, 0.25) is 5.91 Å². The Morgan fingerprint density at radius 1 is 1.04 bits per heavy atom. The van der Waals surface area contributed by atoms with Gasteiger partial charge in [-0.05, 0) is 30.2 Å². The van der Waals surface area contributed by atoms with E-state index in [1.807, 2.05) is 18.2 Å². The molecule has 1 aliphatic carbocycles. The number of hydrogen-bond donors (Lipinski definition) is 1. The Morgan fingerprint density at radius 2 is 1.71 bits per heavy atom. The first-order valence-corrected chi connectivity index (χ1v) is 7.71. The molecule has 0 heterocycles. The number of ketones is 1. The van der Waals surface area contributed by atoms with Crippen molar-refractivity contribution in [3.05, 3.63) is 59.2 Å². The van der Waals surface area contributed by atoms with Crippen molar-refractivity contribution in [1.82, 2.24) is 5.32 Å². The standard InChI is InChI=1S/C19H17NO4/c1-11(10-20-12(2)21)24-19(23)13-7-8-15-14-5-3-4-6-16(14)18(22)17(15)9-13/h3-9,11H,10H2,1-2H3,(H,20,21). The van der Waals surface area contributed by atoms with Gasteiger partial charge in [-0.1, -0.05) is 30.3 Å². The topological polar surface area (TPSA) is 72.5 Å². The second-order valence-electron chi connectivity index (χ2n) is 5.79. The largest absolute Gasteiger partial charge is 0.457 e. The second-order valence-corrected chi connectivity index (χ2v) is 5.79. The summed E-state index contributed by atoms with van der Waals surface area (Å²) in [5.74, 6) is -0.778. The van der Waals surface area contributed by atoms with Gasteiger partial charge in [0.15, 0.2) is 5.78 Å². The van der Waals surface area contributed by atoms with Crippen LogP contribution in [-0.2, 0) is 9.53 Å². The minimum Gasteiger partial charge on any atom is -0.457 e. The van der Waals surface area contributed by atoms with E-state index in [4.69, 9.17) is 4.74 Å². The molecule has 0 saturated carbocycles. The van der Waals surface area contributed by atoms with Crippen molar-refractivity contribution in [1.29, 1.82) is 0 Å². The summed E-state index contributed by atoms with van der Waals surface area (Å²) in [5.41, 5.74) is 3.21. The maximum Gasteiger partial charge on any atom is 0.338 e. The van der Waals surface area contributed by atoms with Gasteiger partial charge >= 0.3 is 5.97 Å². The average Bonchev–Trinajstić information content (AvgIpc) is 2.86. The predicted molar refractivity (Wildman–Crippen MR) is 88.9 cm³/mol. The molecule has 0 saturated heterocycles. The highest BCUT2D eigenvalue weighted by molar-refractivity contribution is 6.22. The average molecular weight is 323 g/mol. The summed E-state index contributed by atoms with van der Waals surface area (Å²) in [4.78, 5) is 35.6. The van der Waals surface area contributed by atoms with Crippen LogP contribution in [0.2, 0.25) is 0 Å². The first-order valence-electron chi connectivity index (χ1n) is 7.71. The van der Waals surface area contributed by atoms with E-state index in [0.29, 0.717) is 16.7 Å². The molecule has 24 heavy (non-hydrogen) atoms. The van der Waals surface area contributed by atoms with Crippen LogP contribution in [0, 0.1) is 0 Å².